The Hall–Kier alpha value is -2.93. The molecule has 33 heavy (non-hydrogen) atoms. The number of carbonyl (C=O) groups is 1. The van der Waals surface area contributed by atoms with Crippen LogP contribution < -0.4 is 10.6 Å². The van der Waals surface area contributed by atoms with E-state index in [2.05, 4.69) is 41.6 Å². The van der Waals surface area contributed by atoms with Crippen molar-refractivity contribution in [2.45, 2.75) is 26.2 Å². The van der Waals surface area contributed by atoms with Gasteiger partial charge in [0.25, 0.3) is 5.91 Å². The minimum Gasteiger partial charge on any atom is -0.436 e. The fourth-order valence-corrected chi connectivity index (χ4v) is 3.92. The van der Waals surface area contributed by atoms with Crippen LogP contribution in [0.2, 0.25) is 10.0 Å². The van der Waals surface area contributed by atoms with E-state index < -0.39 is 5.91 Å². The molecule has 4 aromatic rings. The zero-order valence-corrected chi connectivity index (χ0v) is 20.3. The number of benzene rings is 3. The van der Waals surface area contributed by atoms with Gasteiger partial charge in [0.2, 0.25) is 5.89 Å². The van der Waals surface area contributed by atoms with Gasteiger partial charge in [0.05, 0.1) is 21.3 Å². The molecule has 168 valence electrons. The molecule has 1 heterocycles. The minimum atomic E-state index is -0.415. The summed E-state index contributed by atoms with van der Waals surface area (Å²) in [5.74, 6) is 0.501. The number of hydrogen-bond donors (Lipinski definition) is 2. The Bertz CT molecular complexity index is 1350. The van der Waals surface area contributed by atoms with Gasteiger partial charge in [-0.1, -0.05) is 55.2 Å². The van der Waals surface area contributed by atoms with Crippen molar-refractivity contribution in [3.8, 4) is 11.5 Å². The maximum atomic E-state index is 12.5. The molecule has 0 aliphatic heterocycles. The molecule has 0 bridgehead atoms. The van der Waals surface area contributed by atoms with Gasteiger partial charge in [0.1, 0.15) is 5.52 Å². The molecule has 0 saturated heterocycles. The molecule has 1 aromatic heterocycles. The van der Waals surface area contributed by atoms with Crippen molar-refractivity contribution in [3.63, 3.8) is 0 Å². The summed E-state index contributed by atoms with van der Waals surface area (Å²) in [6.07, 6.45) is 1.05. The highest BCUT2D eigenvalue weighted by molar-refractivity contribution is 7.80. The lowest BCUT2D eigenvalue weighted by Gasteiger charge is -2.12. The lowest BCUT2D eigenvalue weighted by molar-refractivity contribution is 0.0978. The fraction of sp³-hybridized carbons (Fsp3) is 0.160. The number of rotatable bonds is 5. The normalized spacial score (nSPS) is 11.9. The monoisotopic (exact) mass is 497 g/mol. The third-order valence-corrected chi connectivity index (χ3v) is 6.26. The van der Waals surface area contributed by atoms with E-state index in [4.69, 9.17) is 39.8 Å². The number of hydrogen-bond acceptors (Lipinski definition) is 4. The highest BCUT2D eigenvalue weighted by Gasteiger charge is 2.15. The Balaban J connectivity index is 1.55. The van der Waals surface area contributed by atoms with Crippen molar-refractivity contribution in [2.24, 2.45) is 0 Å². The van der Waals surface area contributed by atoms with E-state index in [0.717, 1.165) is 17.5 Å². The van der Waals surface area contributed by atoms with Crippen molar-refractivity contribution >= 4 is 63.2 Å². The van der Waals surface area contributed by atoms with E-state index in [-0.39, 0.29) is 5.11 Å². The molecule has 0 spiro atoms. The van der Waals surface area contributed by atoms with Crippen LogP contribution in [0.15, 0.2) is 65.1 Å². The highest BCUT2D eigenvalue weighted by Crippen LogP contribution is 2.31. The maximum absolute atomic E-state index is 12.5. The molecule has 1 amide bonds. The Kier molecular flexibility index (Phi) is 6.98. The van der Waals surface area contributed by atoms with Crippen LogP contribution in [0.5, 0.6) is 0 Å². The Morgan fingerprint density at radius 3 is 2.64 bits per heavy atom. The molecule has 4 rings (SSSR count). The van der Waals surface area contributed by atoms with E-state index in [1.54, 1.807) is 36.4 Å². The molecule has 0 radical (unpaired) electrons. The summed E-state index contributed by atoms with van der Waals surface area (Å²) in [4.78, 5) is 17.1. The quantitative estimate of drug-likeness (QED) is 0.280. The molecular formula is C25H21Cl2N3O2S. The summed E-state index contributed by atoms with van der Waals surface area (Å²) in [6.45, 7) is 4.35. The van der Waals surface area contributed by atoms with E-state index in [1.807, 2.05) is 12.1 Å². The lowest BCUT2D eigenvalue weighted by Crippen LogP contribution is -2.34. The second-order valence-electron chi connectivity index (χ2n) is 7.64. The standard InChI is InChI=1S/C25H21Cl2N3O2S/c1-3-14(2)15-9-11-22-21(12-15)28-24(32-22)16-8-10-19(27)20(13-16)29-25(33)30-23(31)17-6-4-5-7-18(17)26/h4-14H,3H2,1-2H3,(H2,29,30,31,33)/t14-/m1/s1. The van der Waals surface area contributed by atoms with Crippen LogP contribution in [0.25, 0.3) is 22.6 Å². The summed E-state index contributed by atoms with van der Waals surface area (Å²) < 4.78 is 5.96. The van der Waals surface area contributed by atoms with Gasteiger partial charge in [-0.05, 0) is 72.6 Å². The molecule has 0 aliphatic carbocycles. The molecule has 5 nitrogen and oxygen atoms in total. The van der Waals surface area contributed by atoms with Gasteiger partial charge in [0, 0.05) is 5.56 Å². The Morgan fingerprint density at radius 1 is 1.09 bits per heavy atom. The van der Waals surface area contributed by atoms with Gasteiger partial charge in [-0.15, -0.1) is 0 Å². The minimum absolute atomic E-state index is 0.0923. The van der Waals surface area contributed by atoms with Gasteiger partial charge >= 0.3 is 0 Å². The second-order valence-corrected chi connectivity index (χ2v) is 8.86. The van der Waals surface area contributed by atoms with E-state index >= 15 is 0 Å². The number of oxazole rings is 1. The molecular weight excluding hydrogens is 477 g/mol. The lowest BCUT2D eigenvalue weighted by atomic mass is 9.98. The van der Waals surface area contributed by atoms with Gasteiger partial charge in [-0.25, -0.2) is 4.98 Å². The number of halogens is 2. The average molecular weight is 498 g/mol. The molecule has 3 aromatic carbocycles. The summed E-state index contributed by atoms with van der Waals surface area (Å²) in [7, 11) is 0. The van der Waals surface area contributed by atoms with Crippen LogP contribution in [-0.4, -0.2) is 16.0 Å². The molecule has 0 unspecified atom stereocenters. The van der Waals surface area contributed by atoms with Crippen molar-refractivity contribution in [1.82, 2.24) is 10.3 Å². The first-order valence-corrected chi connectivity index (χ1v) is 11.6. The summed E-state index contributed by atoms with van der Waals surface area (Å²) in [5, 5.41) is 6.44. The largest absolute Gasteiger partial charge is 0.436 e. The molecule has 0 aliphatic rings. The first-order valence-electron chi connectivity index (χ1n) is 10.4. The topological polar surface area (TPSA) is 67.2 Å². The van der Waals surface area contributed by atoms with Crippen molar-refractivity contribution < 1.29 is 9.21 Å². The first-order chi connectivity index (χ1) is 15.9. The van der Waals surface area contributed by atoms with Crippen molar-refractivity contribution in [1.29, 1.82) is 0 Å². The number of fused-ring (bicyclic) bond motifs is 1. The van der Waals surface area contributed by atoms with Gasteiger partial charge in [0.15, 0.2) is 10.7 Å². The van der Waals surface area contributed by atoms with Crippen LogP contribution in [0.3, 0.4) is 0 Å². The predicted octanol–water partition coefficient (Wildman–Crippen LogP) is 7.44. The maximum Gasteiger partial charge on any atom is 0.258 e. The number of amides is 1. The van der Waals surface area contributed by atoms with Gasteiger partial charge in [-0.2, -0.15) is 0 Å². The van der Waals surface area contributed by atoms with Crippen LogP contribution in [0.1, 0.15) is 42.1 Å². The number of aromatic nitrogens is 1. The van der Waals surface area contributed by atoms with Crippen molar-refractivity contribution in [3.05, 3.63) is 81.8 Å². The Labute approximate surface area is 207 Å². The zero-order valence-electron chi connectivity index (χ0n) is 18.0. The number of nitrogens with one attached hydrogen (secondary N) is 2. The third-order valence-electron chi connectivity index (χ3n) is 5.40. The predicted molar refractivity (Wildman–Crippen MR) is 138 cm³/mol. The smallest absolute Gasteiger partial charge is 0.258 e. The molecule has 2 N–H and O–H groups in total. The summed E-state index contributed by atoms with van der Waals surface area (Å²) >= 11 is 17.7. The molecule has 0 saturated carbocycles. The van der Waals surface area contributed by atoms with Gasteiger partial charge < -0.3 is 9.73 Å². The number of nitrogens with zero attached hydrogens (tertiary/aromatic N) is 1. The van der Waals surface area contributed by atoms with E-state index in [9.17, 15) is 4.79 Å². The fourth-order valence-electron chi connectivity index (χ4n) is 3.33. The number of thiocarbonyl (C=S) groups is 1. The van der Waals surface area contributed by atoms with Crippen LogP contribution in [0, 0.1) is 0 Å². The first kappa shape index (κ1) is 23.2. The molecule has 1 atom stereocenters. The van der Waals surface area contributed by atoms with E-state index in [1.165, 1.54) is 5.56 Å². The summed E-state index contributed by atoms with van der Waals surface area (Å²) in [6, 6.07) is 18.1. The van der Waals surface area contributed by atoms with Crippen LogP contribution >= 0.6 is 35.4 Å². The SMILES string of the molecule is CC[C@@H](C)c1ccc2oc(-c3ccc(Cl)c(NC(=S)NC(=O)c4ccccc4Cl)c3)nc2c1. The Morgan fingerprint density at radius 2 is 1.88 bits per heavy atom. The van der Waals surface area contributed by atoms with E-state index in [0.29, 0.717) is 38.7 Å². The number of anilines is 1. The van der Waals surface area contributed by atoms with Crippen LogP contribution in [0.4, 0.5) is 5.69 Å². The molecule has 0 fully saturated rings. The number of carbonyl (C=O) groups excluding carboxylic acids is 1. The zero-order chi connectivity index (χ0) is 23.5. The van der Waals surface area contributed by atoms with Crippen LogP contribution in [-0.2, 0) is 0 Å². The third kappa shape index (κ3) is 5.19. The molecule has 8 heteroatoms. The average Bonchev–Trinajstić information content (AvgIpc) is 3.23. The van der Waals surface area contributed by atoms with Crippen molar-refractivity contribution in [2.75, 3.05) is 5.32 Å². The summed E-state index contributed by atoms with van der Waals surface area (Å²) in [5.41, 5.74) is 4.30. The van der Waals surface area contributed by atoms with Gasteiger partial charge in [-0.3, -0.25) is 10.1 Å². The highest BCUT2D eigenvalue weighted by atomic mass is 35.5. The second kappa shape index (κ2) is 9.91.